The lowest BCUT2D eigenvalue weighted by Gasteiger charge is -2.28. The van der Waals surface area contributed by atoms with Crippen LogP contribution in [0.15, 0.2) is 18.5 Å². The first-order valence-corrected chi connectivity index (χ1v) is 5.91. The summed E-state index contributed by atoms with van der Waals surface area (Å²) in [6.45, 7) is 5.29. The third-order valence-electron chi connectivity index (χ3n) is 3.57. The number of hydrogen-bond acceptors (Lipinski definition) is 2. The predicted molar refractivity (Wildman–Crippen MR) is 62.5 cm³/mol. The molecule has 88 valence electrons. The molecule has 1 N–H and O–H groups in total. The van der Waals surface area contributed by atoms with Crippen molar-refractivity contribution in [2.75, 3.05) is 0 Å². The van der Waals surface area contributed by atoms with Gasteiger partial charge in [0.2, 0.25) is 0 Å². The van der Waals surface area contributed by atoms with Gasteiger partial charge in [0, 0.05) is 18.8 Å². The predicted octanol–water partition coefficient (Wildman–Crippen LogP) is 2.89. The lowest BCUT2D eigenvalue weighted by atomic mass is 9.87. The van der Waals surface area contributed by atoms with E-state index in [0.717, 1.165) is 5.56 Å². The number of rotatable bonds is 3. The molecule has 1 atom stereocenters. The minimum Gasteiger partial charge on any atom is -0.309 e. The molecule has 1 fully saturated rings. The quantitative estimate of drug-likeness (QED) is 0.850. The molecule has 1 saturated carbocycles. The van der Waals surface area contributed by atoms with Crippen LogP contribution in [0.25, 0.3) is 0 Å². The molecule has 0 amide bonds. The van der Waals surface area contributed by atoms with Gasteiger partial charge in [0.1, 0.15) is 5.82 Å². The third kappa shape index (κ3) is 2.59. The van der Waals surface area contributed by atoms with Gasteiger partial charge >= 0.3 is 0 Å². The van der Waals surface area contributed by atoms with Crippen molar-refractivity contribution in [1.29, 1.82) is 0 Å². The van der Waals surface area contributed by atoms with E-state index in [1.54, 1.807) is 12.3 Å². The van der Waals surface area contributed by atoms with Gasteiger partial charge in [0.25, 0.3) is 0 Å². The van der Waals surface area contributed by atoms with Gasteiger partial charge < -0.3 is 5.32 Å². The van der Waals surface area contributed by atoms with Crippen LogP contribution in [-0.4, -0.2) is 11.0 Å². The number of aromatic nitrogens is 1. The number of nitrogens with one attached hydrogen (secondary N) is 1. The highest BCUT2D eigenvalue weighted by Crippen LogP contribution is 2.37. The van der Waals surface area contributed by atoms with E-state index in [1.807, 2.05) is 0 Å². The van der Waals surface area contributed by atoms with Crippen molar-refractivity contribution < 1.29 is 4.39 Å². The zero-order valence-corrected chi connectivity index (χ0v) is 9.96. The highest BCUT2D eigenvalue weighted by atomic mass is 19.1. The Kier molecular flexibility index (Phi) is 3.24. The first kappa shape index (κ1) is 11.5. The van der Waals surface area contributed by atoms with E-state index in [-0.39, 0.29) is 5.82 Å². The van der Waals surface area contributed by atoms with E-state index in [1.165, 1.54) is 25.5 Å². The zero-order chi connectivity index (χ0) is 11.6. The summed E-state index contributed by atoms with van der Waals surface area (Å²) in [6, 6.07) is 2.08. The molecule has 0 aromatic carbocycles. The molecule has 2 rings (SSSR count). The number of nitrogens with zero attached hydrogens (tertiary/aromatic N) is 1. The maximum absolute atomic E-state index is 12.9. The summed E-state index contributed by atoms with van der Waals surface area (Å²) < 4.78 is 12.9. The van der Waals surface area contributed by atoms with Crippen molar-refractivity contribution in [1.82, 2.24) is 10.3 Å². The van der Waals surface area contributed by atoms with Crippen molar-refractivity contribution in [3.8, 4) is 0 Å². The van der Waals surface area contributed by atoms with Crippen LogP contribution in [0.2, 0.25) is 0 Å². The smallest absolute Gasteiger partial charge is 0.141 e. The molecular weight excluding hydrogens is 203 g/mol. The van der Waals surface area contributed by atoms with Crippen LogP contribution in [0, 0.1) is 11.2 Å². The van der Waals surface area contributed by atoms with Crippen molar-refractivity contribution >= 4 is 0 Å². The van der Waals surface area contributed by atoms with Gasteiger partial charge in [-0.2, -0.15) is 0 Å². The molecule has 1 unspecified atom stereocenters. The summed E-state index contributed by atoms with van der Waals surface area (Å²) in [6.07, 6.45) is 6.73. The van der Waals surface area contributed by atoms with Crippen LogP contribution in [0.4, 0.5) is 4.39 Å². The van der Waals surface area contributed by atoms with Crippen LogP contribution in [0.3, 0.4) is 0 Å². The van der Waals surface area contributed by atoms with Gasteiger partial charge in [-0.1, -0.05) is 20.3 Å². The monoisotopic (exact) mass is 222 g/mol. The van der Waals surface area contributed by atoms with Crippen LogP contribution >= 0.6 is 0 Å². The van der Waals surface area contributed by atoms with Crippen molar-refractivity contribution in [3.63, 3.8) is 0 Å². The summed E-state index contributed by atoms with van der Waals surface area (Å²) in [5.74, 6) is -0.259. The Morgan fingerprint density at radius 2 is 2.31 bits per heavy atom. The fourth-order valence-electron chi connectivity index (χ4n) is 2.50. The molecule has 3 heteroatoms. The maximum atomic E-state index is 12.9. The summed E-state index contributed by atoms with van der Waals surface area (Å²) >= 11 is 0. The number of pyridine rings is 1. The summed E-state index contributed by atoms with van der Waals surface area (Å²) in [5.41, 5.74) is 1.28. The molecule has 0 bridgehead atoms. The molecule has 0 radical (unpaired) electrons. The Bertz CT molecular complexity index is 363. The number of halogens is 1. The van der Waals surface area contributed by atoms with Gasteiger partial charge in [-0.15, -0.1) is 0 Å². The topological polar surface area (TPSA) is 24.9 Å². The van der Waals surface area contributed by atoms with E-state index in [2.05, 4.69) is 24.1 Å². The average Bonchev–Trinajstić information content (AvgIpc) is 2.55. The Labute approximate surface area is 96.3 Å². The van der Waals surface area contributed by atoms with Crippen LogP contribution < -0.4 is 5.32 Å². The first-order chi connectivity index (χ1) is 7.58. The van der Waals surface area contributed by atoms with Gasteiger partial charge in [-0.25, -0.2) is 4.39 Å². The molecule has 0 spiro atoms. The summed E-state index contributed by atoms with van der Waals surface area (Å²) in [4.78, 5) is 3.85. The van der Waals surface area contributed by atoms with Gasteiger partial charge in [-0.3, -0.25) is 4.98 Å². The van der Waals surface area contributed by atoms with Crippen LogP contribution in [0.5, 0.6) is 0 Å². The molecule has 2 nitrogen and oxygen atoms in total. The number of hydrogen-bond donors (Lipinski definition) is 1. The second-order valence-corrected chi connectivity index (χ2v) is 5.33. The standard InChI is InChI=1S/C13H19FN2/c1-13(2)5-3-4-12(13)16-8-10-6-11(14)9-15-7-10/h6-7,9,12,16H,3-5,8H2,1-2H3. The fraction of sp³-hybridized carbons (Fsp3) is 0.615. The highest BCUT2D eigenvalue weighted by molar-refractivity contribution is 5.10. The van der Waals surface area contributed by atoms with Gasteiger partial charge in [-0.05, 0) is 29.9 Å². The van der Waals surface area contributed by atoms with Gasteiger partial charge in [0.05, 0.1) is 6.20 Å². The van der Waals surface area contributed by atoms with Crippen LogP contribution in [-0.2, 0) is 6.54 Å². The van der Waals surface area contributed by atoms with Gasteiger partial charge in [0.15, 0.2) is 0 Å². The van der Waals surface area contributed by atoms with E-state index in [9.17, 15) is 4.39 Å². The van der Waals surface area contributed by atoms with E-state index >= 15 is 0 Å². The Morgan fingerprint density at radius 1 is 1.50 bits per heavy atom. The lowest BCUT2D eigenvalue weighted by molar-refractivity contribution is 0.282. The van der Waals surface area contributed by atoms with E-state index in [4.69, 9.17) is 0 Å². The molecule has 1 aromatic heterocycles. The summed E-state index contributed by atoms with van der Waals surface area (Å²) in [7, 11) is 0. The minimum atomic E-state index is -0.259. The van der Waals surface area contributed by atoms with Crippen molar-refractivity contribution in [2.24, 2.45) is 5.41 Å². The molecule has 1 aromatic rings. The second-order valence-electron chi connectivity index (χ2n) is 5.33. The molecule has 1 aliphatic rings. The maximum Gasteiger partial charge on any atom is 0.141 e. The molecular formula is C13H19FN2. The van der Waals surface area contributed by atoms with Crippen molar-refractivity contribution in [2.45, 2.75) is 45.7 Å². The third-order valence-corrected chi connectivity index (χ3v) is 3.57. The van der Waals surface area contributed by atoms with Crippen molar-refractivity contribution in [3.05, 3.63) is 29.8 Å². The Hall–Kier alpha value is -0.960. The minimum absolute atomic E-state index is 0.259. The second kappa shape index (κ2) is 4.50. The normalized spacial score (nSPS) is 23.6. The Balaban J connectivity index is 1.92. The van der Waals surface area contributed by atoms with E-state index < -0.39 is 0 Å². The zero-order valence-electron chi connectivity index (χ0n) is 9.96. The Morgan fingerprint density at radius 3 is 2.94 bits per heavy atom. The highest BCUT2D eigenvalue weighted by Gasteiger charge is 2.33. The van der Waals surface area contributed by atoms with Crippen LogP contribution in [0.1, 0.15) is 38.7 Å². The first-order valence-electron chi connectivity index (χ1n) is 5.91. The SMILES string of the molecule is CC1(C)CCCC1NCc1cncc(F)c1. The average molecular weight is 222 g/mol. The molecule has 0 aliphatic heterocycles. The van der Waals surface area contributed by atoms with E-state index in [0.29, 0.717) is 18.0 Å². The largest absolute Gasteiger partial charge is 0.309 e. The fourth-order valence-corrected chi connectivity index (χ4v) is 2.50. The molecule has 0 saturated heterocycles. The summed E-state index contributed by atoms with van der Waals surface area (Å²) in [5, 5.41) is 3.51. The molecule has 16 heavy (non-hydrogen) atoms. The molecule has 1 aliphatic carbocycles. The lowest BCUT2D eigenvalue weighted by Crippen LogP contribution is -2.37. The molecule has 1 heterocycles.